The van der Waals surface area contributed by atoms with E-state index in [9.17, 15) is 13.9 Å². The number of hydrogen-bond donors (Lipinski definition) is 1. The van der Waals surface area contributed by atoms with Crippen molar-refractivity contribution in [1.82, 2.24) is 0 Å². The maximum Gasteiger partial charge on any atom is 0.142 e. The molecule has 0 radical (unpaired) electrons. The Morgan fingerprint density at radius 2 is 1.53 bits per heavy atom. The quantitative estimate of drug-likeness (QED) is 0.866. The predicted molar refractivity (Wildman–Crippen MR) is 61.9 cm³/mol. The van der Waals surface area contributed by atoms with Crippen LogP contribution in [0.15, 0.2) is 42.5 Å². The van der Waals surface area contributed by atoms with Crippen LogP contribution in [-0.4, -0.2) is 5.11 Å². The van der Waals surface area contributed by atoms with E-state index in [1.165, 1.54) is 36.4 Å². The molecule has 0 spiro atoms. The molecule has 0 aromatic heterocycles. The Bertz CT molecular complexity index is 525. The monoisotopic (exact) mass is 254 g/mol. The highest BCUT2D eigenvalue weighted by molar-refractivity contribution is 6.30. The van der Waals surface area contributed by atoms with Gasteiger partial charge >= 0.3 is 0 Å². The molecule has 0 aliphatic heterocycles. The second kappa shape index (κ2) is 4.82. The van der Waals surface area contributed by atoms with Crippen molar-refractivity contribution in [3.63, 3.8) is 0 Å². The van der Waals surface area contributed by atoms with E-state index in [1.807, 2.05) is 0 Å². The SMILES string of the molecule is OC(c1ccc(F)cc1)c1ccc(Cl)c(F)c1. The van der Waals surface area contributed by atoms with Gasteiger partial charge < -0.3 is 5.11 Å². The van der Waals surface area contributed by atoms with Gasteiger partial charge in [-0.25, -0.2) is 8.78 Å². The Kier molecular flexibility index (Phi) is 3.41. The average molecular weight is 255 g/mol. The van der Waals surface area contributed by atoms with E-state index in [2.05, 4.69) is 0 Å². The summed E-state index contributed by atoms with van der Waals surface area (Å²) in [6.07, 6.45) is -0.998. The Labute approximate surface area is 102 Å². The summed E-state index contributed by atoms with van der Waals surface area (Å²) in [6, 6.07) is 9.45. The Morgan fingerprint density at radius 1 is 0.941 bits per heavy atom. The largest absolute Gasteiger partial charge is 0.384 e. The third kappa shape index (κ3) is 2.62. The van der Waals surface area contributed by atoms with E-state index in [0.29, 0.717) is 11.1 Å². The first-order chi connectivity index (χ1) is 8.08. The van der Waals surface area contributed by atoms with Crippen LogP contribution >= 0.6 is 11.6 Å². The van der Waals surface area contributed by atoms with Gasteiger partial charge in [0.05, 0.1) is 5.02 Å². The van der Waals surface area contributed by atoms with Gasteiger partial charge in [-0.1, -0.05) is 29.8 Å². The first kappa shape index (κ1) is 12.0. The molecule has 1 nitrogen and oxygen atoms in total. The molecule has 0 aliphatic rings. The number of halogens is 3. The molecule has 0 saturated carbocycles. The van der Waals surface area contributed by atoms with Crippen molar-refractivity contribution in [2.75, 3.05) is 0 Å². The van der Waals surface area contributed by atoms with E-state index in [1.54, 1.807) is 0 Å². The topological polar surface area (TPSA) is 20.2 Å². The lowest BCUT2D eigenvalue weighted by atomic mass is 10.0. The molecule has 0 aliphatic carbocycles. The van der Waals surface area contributed by atoms with Gasteiger partial charge in [0.15, 0.2) is 0 Å². The van der Waals surface area contributed by atoms with E-state index in [-0.39, 0.29) is 10.8 Å². The van der Waals surface area contributed by atoms with Crippen molar-refractivity contribution in [1.29, 1.82) is 0 Å². The normalized spacial score (nSPS) is 12.5. The zero-order chi connectivity index (χ0) is 12.4. The number of aliphatic hydroxyl groups is 1. The average Bonchev–Trinajstić information content (AvgIpc) is 2.33. The first-order valence-electron chi connectivity index (χ1n) is 4.96. The lowest BCUT2D eigenvalue weighted by molar-refractivity contribution is 0.219. The molecule has 0 saturated heterocycles. The fourth-order valence-electron chi connectivity index (χ4n) is 1.52. The van der Waals surface area contributed by atoms with Crippen LogP contribution in [0.5, 0.6) is 0 Å². The van der Waals surface area contributed by atoms with E-state index in [4.69, 9.17) is 11.6 Å². The minimum absolute atomic E-state index is 0.0000520. The summed E-state index contributed by atoms with van der Waals surface area (Å²) in [5.41, 5.74) is 0.867. The van der Waals surface area contributed by atoms with Gasteiger partial charge in [0.1, 0.15) is 17.7 Å². The van der Waals surface area contributed by atoms with Crippen LogP contribution in [-0.2, 0) is 0 Å². The van der Waals surface area contributed by atoms with Crippen molar-refractivity contribution in [3.8, 4) is 0 Å². The van der Waals surface area contributed by atoms with E-state index < -0.39 is 11.9 Å². The summed E-state index contributed by atoms with van der Waals surface area (Å²) in [6.45, 7) is 0. The maximum absolute atomic E-state index is 13.2. The second-order valence-electron chi connectivity index (χ2n) is 3.63. The highest BCUT2D eigenvalue weighted by Crippen LogP contribution is 2.25. The first-order valence-corrected chi connectivity index (χ1v) is 5.34. The van der Waals surface area contributed by atoms with Crippen LogP contribution in [0, 0.1) is 11.6 Å². The third-order valence-electron chi connectivity index (χ3n) is 2.45. The van der Waals surface area contributed by atoms with Crippen LogP contribution in [0.2, 0.25) is 5.02 Å². The van der Waals surface area contributed by atoms with Gasteiger partial charge in [-0.05, 0) is 35.4 Å². The molecule has 0 fully saturated rings. The molecule has 1 atom stereocenters. The van der Waals surface area contributed by atoms with Gasteiger partial charge in [0, 0.05) is 0 Å². The molecule has 0 amide bonds. The van der Waals surface area contributed by atoms with Gasteiger partial charge in [-0.2, -0.15) is 0 Å². The summed E-state index contributed by atoms with van der Waals surface area (Å²) >= 11 is 5.55. The molecule has 88 valence electrons. The van der Waals surface area contributed by atoms with Gasteiger partial charge in [-0.3, -0.25) is 0 Å². The summed E-state index contributed by atoms with van der Waals surface area (Å²) in [5.74, 6) is -0.978. The molecule has 2 aromatic carbocycles. The van der Waals surface area contributed by atoms with Crippen molar-refractivity contribution < 1.29 is 13.9 Å². The summed E-state index contributed by atoms with van der Waals surface area (Å²) < 4.78 is 25.9. The zero-order valence-electron chi connectivity index (χ0n) is 8.70. The Morgan fingerprint density at radius 3 is 2.12 bits per heavy atom. The number of hydrogen-bond acceptors (Lipinski definition) is 1. The molecular weight excluding hydrogens is 246 g/mol. The molecule has 1 N–H and O–H groups in total. The smallest absolute Gasteiger partial charge is 0.142 e. The zero-order valence-corrected chi connectivity index (χ0v) is 9.46. The molecule has 0 bridgehead atoms. The van der Waals surface area contributed by atoms with Crippen LogP contribution in [0.4, 0.5) is 8.78 Å². The maximum atomic E-state index is 13.2. The van der Waals surface area contributed by atoms with Gasteiger partial charge in [-0.15, -0.1) is 0 Å². The van der Waals surface area contributed by atoms with Crippen molar-refractivity contribution in [2.45, 2.75) is 6.10 Å². The molecular formula is C13H9ClF2O. The minimum atomic E-state index is -0.998. The molecule has 2 rings (SSSR count). The van der Waals surface area contributed by atoms with Crippen LogP contribution in [0.25, 0.3) is 0 Å². The Balaban J connectivity index is 2.33. The highest BCUT2D eigenvalue weighted by atomic mass is 35.5. The molecule has 17 heavy (non-hydrogen) atoms. The number of aliphatic hydroxyl groups excluding tert-OH is 1. The van der Waals surface area contributed by atoms with Crippen molar-refractivity contribution in [3.05, 3.63) is 70.2 Å². The highest BCUT2D eigenvalue weighted by Gasteiger charge is 2.12. The van der Waals surface area contributed by atoms with Crippen LogP contribution in [0.3, 0.4) is 0 Å². The summed E-state index contributed by atoms with van der Waals surface area (Å²) in [4.78, 5) is 0. The molecule has 4 heteroatoms. The van der Waals surface area contributed by atoms with Gasteiger partial charge in [0.25, 0.3) is 0 Å². The number of rotatable bonds is 2. The Hall–Kier alpha value is -1.45. The lowest BCUT2D eigenvalue weighted by Crippen LogP contribution is -2.00. The predicted octanol–water partition coefficient (Wildman–Crippen LogP) is 3.70. The number of benzene rings is 2. The fraction of sp³-hybridized carbons (Fsp3) is 0.0769. The lowest BCUT2D eigenvalue weighted by Gasteiger charge is -2.11. The third-order valence-corrected chi connectivity index (χ3v) is 2.75. The van der Waals surface area contributed by atoms with E-state index in [0.717, 1.165) is 6.07 Å². The van der Waals surface area contributed by atoms with E-state index >= 15 is 0 Å². The minimum Gasteiger partial charge on any atom is -0.384 e. The van der Waals surface area contributed by atoms with Crippen molar-refractivity contribution >= 4 is 11.6 Å². The summed E-state index contributed by atoms with van der Waals surface area (Å²) in [7, 11) is 0. The second-order valence-corrected chi connectivity index (χ2v) is 4.03. The molecule has 2 aromatic rings. The van der Waals surface area contributed by atoms with Crippen molar-refractivity contribution in [2.24, 2.45) is 0 Å². The fourth-order valence-corrected chi connectivity index (χ4v) is 1.64. The van der Waals surface area contributed by atoms with Gasteiger partial charge in [0.2, 0.25) is 0 Å². The van der Waals surface area contributed by atoms with Crippen LogP contribution in [0.1, 0.15) is 17.2 Å². The molecule has 0 heterocycles. The van der Waals surface area contributed by atoms with Crippen LogP contribution < -0.4 is 0 Å². The summed E-state index contributed by atoms with van der Waals surface area (Å²) in [5, 5.41) is 9.97. The molecule has 1 unspecified atom stereocenters. The standard InChI is InChI=1S/C13H9ClF2O/c14-11-6-3-9(7-12(11)16)13(17)8-1-4-10(15)5-2-8/h1-7,13,17H.